The molecule has 8 heteroatoms. The minimum Gasteiger partial charge on any atom is -0.358 e. The van der Waals surface area contributed by atoms with Crippen molar-refractivity contribution in [3.63, 3.8) is 0 Å². The number of amides is 2. The van der Waals surface area contributed by atoms with Gasteiger partial charge >= 0.3 is 0 Å². The van der Waals surface area contributed by atoms with Crippen LogP contribution in [0.15, 0.2) is 97.2 Å². The summed E-state index contributed by atoms with van der Waals surface area (Å²) in [6.45, 7) is 0. The van der Waals surface area contributed by atoms with Crippen molar-refractivity contribution in [3.05, 3.63) is 124 Å². The number of carbonyl (C=O) groups is 3. The molecule has 0 spiro atoms. The Morgan fingerprint density at radius 1 is 0.795 bits per heavy atom. The summed E-state index contributed by atoms with van der Waals surface area (Å²) in [7, 11) is 0. The number of anilines is 1. The second-order valence-electron chi connectivity index (χ2n) is 10.0. The largest absolute Gasteiger partial charge is 0.358 e. The number of ketones is 1. The van der Waals surface area contributed by atoms with Crippen LogP contribution in [0.5, 0.6) is 0 Å². The van der Waals surface area contributed by atoms with Gasteiger partial charge in [0, 0.05) is 23.9 Å². The van der Waals surface area contributed by atoms with Gasteiger partial charge in [-0.15, -0.1) is 0 Å². The van der Waals surface area contributed by atoms with Gasteiger partial charge in [-0.1, -0.05) is 66.7 Å². The standard InChI is InChI=1S/C31H21N3O5/c35-29(21-9-5-10-23(17-21)34(38)39)28-26-25(27-24-11-4-3-7-19(24)14-15-32(27)28)30(36)33(31(26)37)22-13-12-18-6-1-2-8-20(18)16-22/h1-17,25-28H/t25-,26-,27-,28+/m1/s1. The van der Waals surface area contributed by atoms with Gasteiger partial charge in [0.1, 0.15) is 6.04 Å². The van der Waals surface area contributed by atoms with Crippen LogP contribution in [-0.2, 0) is 9.59 Å². The number of nitrogens with zero attached hydrogens (tertiary/aromatic N) is 3. The van der Waals surface area contributed by atoms with Gasteiger partial charge in [0.25, 0.3) is 5.69 Å². The molecule has 3 aliphatic rings. The fraction of sp³-hybridized carbons (Fsp3) is 0.129. The molecule has 2 fully saturated rings. The molecule has 39 heavy (non-hydrogen) atoms. The zero-order valence-electron chi connectivity index (χ0n) is 20.5. The van der Waals surface area contributed by atoms with Crippen LogP contribution in [0.2, 0.25) is 0 Å². The van der Waals surface area contributed by atoms with Crippen LogP contribution in [0.25, 0.3) is 16.8 Å². The monoisotopic (exact) mass is 515 g/mol. The van der Waals surface area contributed by atoms with E-state index in [4.69, 9.17) is 0 Å². The predicted octanol–water partition coefficient (Wildman–Crippen LogP) is 5.15. The van der Waals surface area contributed by atoms with Gasteiger partial charge in [-0.2, -0.15) is 0 Å². The highest BCUT2D eigenvalue weighted by Gasteiger charge is 2.64. The molecule has 8 nitrogen and oxygen atoms in total. The normalized spacial score (nSPS) is 23.1. The molecule has 4 atom stereocenters. The average molecular weight is 516 g/mol. The maximum atomic E-state index is 14.1. The Morgan fingerprint density at radius 2 is 1.54 bits per heavy atom. The third-order valence-electron chi connectivity index (χ3n) is 8.06. The summed E-state index contributed by atoms with van der Waals surface area (Å²) in [4.78, 5) is 56.1. The van der Waals surface area contributed by atoms with Crippen molar-refractivity contribution in [1.29, 1.82) is 0 Å². The number of benzene rings is 4. The number of non-ortho nitro benzene ring substituents is 1. The first-order chi connectivity index (χ1) is 18.9. The SMILES string of the molecule is O=C(c1cccc([N+](=O)[O-])c1)[C@@H]1[C@@H]2C(=O)N(c3ccc4ccccc4c3)C(=O)[C@H]2[C@H]2c3ccccc3C=CN12. The highest BCUT2D eigenvalue weighted by atomic mass is 16.6. The molecular formula is C31H21N3O5. The van der Waals surface area contributed by atoms with E-state index in [1.807, 2.05) is 66.7 Å². The number of rotatable bonds is 4. The fourth-order valence-corrected chi connectivity index (χ4v) is 6.37. The van der Waals surface area contributed by atoms with E-state index in [0.29, 0.717) is 5.69 Å². The predicted molar refractivity (Wildman–Crippen MR) is 145 cm³/mol. The molecule has 3 heterocycles. The number of nitro benzene ring substituents is 1. The molecule has 2 saturated heterocycles. The lowest BCUT2D eigenvalue weighted by atomic mass is 9.83. The minimum absolute atomic E-state index is 0.130. The van der Waals surface area contributed by atoms with Crippen LogP contribution < -0.4 is 4.90 Å². The Hall–Kier alpha value is -5.11. The molecule has 0 aromatic heterocycles. The molecular weight excluding hydrogens is 494 g/mol. The molecule has 0 aliphatic carbocycles. The van der Waals surface area contributed by atoms with Crippen LogP contribution in [-0.4, -0.2) is 33.5 Å². The molecule has 0 radical (unpaired) electrons. The zero-order chi connectivity index (χ0) is 26.8. The molecule has 0 unspecified atom stereocenters. The number of hydrogen-bond acceptors (Lipinski definition) is 6. The van der Waals surface area contributed by atoms with Crippen molar-refractivity contribution in [2.45, 2.75) is 12.1 Å². The first-order valence-electron chi connectivity index (χ1n) is 12.6. The number of carbonyl (C=O) groups excluding carboxylic acids is 3. The number of nitro groups is 1. The Labute approximate surface area is 222 Å². The van der Waals surface area contributed by atoms with Gasteiger partial charge in [0.2, 0.25) is 11.8 Å². The molecule has 4 aromatic carbocycles. The van der Waals surface area contributed by atoms with E-state index in [2.05, 4.69) is 0 Å². The van der Waals surface area contributed by atoms with Crippen molar-refractivity contribution in [2.24, 2.45) is 11.8 Å². The summed E-state index contributed by atoms with van der Waals surface area (Å²) < 4.78 is 0. The Balaban J connectivity index is 1.37. The smallest absolute Gasteiger partial charge is 0.270 e. The lowest BCUT2D eigenvalue weighted by molar-refractivity contribution is -0.384. The maximum absolute atomic E-state index is 14.1. The highest BCUT2D eigenvalue weighted by molar-refractivity contribution is 6.25. The Kier molecular flexibility index (Phi) is 5.00. The lowest BCUT2D eigenvalue weighted by Gasteiger charge is -2.35. The summed E-state index contributed by atoms with van der Waals surface area (Å²) >= 11 is 0. The van der Waals surface area contributed by atoms with Crippen LogP contribution in [0.1, 0.15) is 27.5 Å². The third-order valence-corrected chi connectivity index (χ3v) is 8.06. The van der Waals surface area contributed by atoms with E-state index in [1.54, 1.807) is 17.2 Å². The fourth-order valence-electron chi connectivity index (χ4n) is 6.37. The quantitative estimate of drug-likeness (QED) is 0.161. The summed E-state index contributed by atoms with van der Waals surface area (Å²) in [5.41, 5.74) is 2.17. The van der Waals surface area contributed by atoms with E-state index >= 15 is 0 Å². The summed E-state index contributed by atoms with van der Waals surface area (Å²) in [6, 6.07) is 24.8. The van der Waals surface area contributed by atoms with Crippen molar-refractivity contribution in [3.8, 4) is 0 Å². The van der Waals surface area contributed by atoms with Gasteiger partial charge in [0.05, 0.1) is 28.5 Å². The molecule has 3 aliphatic heterocycles. The summed E-state index contributed by atoms with van der Waals surface area (Å²) in [5.74, 6) is -2.96. The number of fused-ring (bicyclic) bond motifs is 6. The third kappa shape index (κ3) is 3.34. The van der Waals surface area contributed by atoms with Crippen molar-refractivity contribution >= 4 is 45.8 Å². The van der Waals surface area contributed by atoms with Crippen LogP contribution in [0.3, 0.4) is 0 Å². The highest BCUT2D eigenvalue weighted by Crippen LogP contribution is 2.53. The first-order valence-corrected chi connectivity index (χ1v) is 12.6. The van der Waals surface area contributed by atoms with Gasteiger partial charge < -0.3 is 4.90 Å². The van der Waals surface area contributed by atoms with Crippen molar-refractivity contribution < 1.29 is 19.3 Å². The van der Waals surface area contributed by atoms with Gasteiger partial charge in [-0.3, -0.25) is 24.5 Å². The summed E-state index contributed by atoms with van der Waals surface area (Å²) in [5, 5.41) is 13.3. The van der Waals surface area contributed by atoms with Crippen LogP contribution in [0, 0.1) is 22.0 Å². The average Bonchev–Trinajstić information content (AvgIpc) is 3.44. The van der Waals surface area contributed by atoms with Gasteiger partial charge in [-0.05, 0) is 40.1 Å². The van der Waals surface area contributed by atoms with Gasteiger partial charge in [-0.25, -0.2) is 4.90 Å². The molecule has 190 valence electrons. The molecule has 7 rings (SSSR count). The number of hydrogen-bond donors (Lipinski definition) is 0. The van der Waals surface area contributed by atoms with Gasteiger partial charge in [0.15, 0.2) is 5.78 Å². The summed E-state index contributed by atoms with van der Waals surface area (Å²) in [6.07, 6.45) is 3.64. The zero-order valence-corrected chi connectivity index (χ0v) is 20.5. The maximum Gasteiger partial charge on any atom is 0.270 e. The molecule has 2 amide bonds. The van der Waals surface area contributed by atoms with E-state index in [1.165, 1.54) is 29.2 Å². The second-order valence-corrected chi connectivity index (χ2v) is 10.0. The van der Waals surface area contributed by atoms with E-state index in [9.17, 15) is 24.5 Å². The van der Waals surface area contributed by atoms with E-state index in [0.717, 1.165) is 21.9 Å². The first kappa shape index (κ1) is 23.0. The van der Waals surface area contributed by atoms with E-state index in [-0.39, 0.29) is 17.2 Å². The van der Waals surface area contributed by atoms with Crippen molar-refractivity contribution in [1.82, 2.24) is 4.90 Å². The lowest BCUT2D eigenvalue weighted by Crippen LogP contribution is -2.44. The van der Waals surface area contributed by atoms with Crippen LogP contribution >= 0.6 is 0 Å². The molecule has 0 bridgehead atoms. The second kappa shape index (κ2) is 8.46. The molecule has 0 N–H and O–H groups in total. The number of imide groups is 1. The molecule has 4 aromatic rings. The molecule has 0 saturated carbocycles. The topological polar surface area (TPSA) is 101 Å². The Morgan fingerprint density at radius 3 is 2.36 bits per heavy atom. The number of Topliss-reactive ketones (excluding diaryl/α,β-unsaturated/α-hetero) is 1. The van der Waals surface area contributed by atoms with Crippen molar-refractivity contribution in [2.75, 3.05) is 4.90 Å². The Bertz CT molecular complexity index is 1760. The van der Waals surface area contributed by atoms with E-state index < -0.39 is 40.5 Å². The van der Waals surface area contributed by atoms with Crippen LogP contribution in [0.4, 0.5) is 11.4 Å². The minimum atomic E-state index is -0.992.